The zero-order chi connectivity index (χ0) is 15.5. The van der Waals surface area contributed by atoms with E-state index in [0.29, 0.717) is 16.8 Å². The predicted molar refractivity (Wildman–Crippen MR) is 89.6 cm³/mol. The van der Waals surface area contributed by atoms with E-state index in [1.807, 2.05) is 6.07 Å². The van der Waals surface area contributed by atoms with Crippen molar-refractivity contribution in [3.63, 3.8) is 0 Å². The van der Waals surface area contributed by atoms with Crippen molar-refractivity contribution in [1.82, 2.24) is 0 Å². The summed E-state index contributed by atoms with van der Waals surface area (Å²) in [5.41, 5.74) is 1.36. The van der Waals surface area contributed by atoms with Crippen molar-refractivity contribution in [3.05, 3.63) is 23.2 Å². The van der Waals surface area contributed by atoms with Crippen molar-refractivity contribution in [2.75, 3.05) is 16.3 Å². The molecule has 0 bridgehead atoms. The second kappa shape index (κ2) is 6.88. The lowest BCUT2D eigenvalue weighted by molar-refractivity contribution is 0.327. The van der Waals surface area contributed by atoms with Gasteiger partial charge in [0.05, 0.1) is 17.0 Å². The molecule has 0 saturated heterocycles. The number of sulfonamides is 1. The van der Waals surface area contributed by atoms with Crippen LogP contribution in [0.25, 0.3) is 0 Å². The normalized spacial score (nSPS) is 22.8. The summed E-state index contributed by atoms with van der Waals surface area (Å²) in [7, 11) is -3.31. The molecule has 1 aromatic carbocycles. The molecule has 2 atom stereocenters. The number of benzene rings is 1. The van der Waals surface area contributed by atoms with E-state index >= 15 is 0 Å². The summed E-state index contributed by atoms with van der Waals surface area (Å²) in [6.45, 7) is 2.25. The Morgan fingerprint density at radius 3 is 2.71 bits per heavy atom. The first kappa shape index (κ1) is 16.4. The van der Waals surface area contributed by atoms with Gasteiger partial charge in [0.1, 0.15) is 0 Å². The van der Waals surface area contributed by atoms with Crippen molar-refractivity contribution in [2.45, 2.75) is 45.1 Å². The Morgan fingerprint density at radius 2 is 2.10 bits per heavy atom. The van der Waals surface area contributed by atoms with Crippen LogP contribution in [0.4, 0.5) is 11.4 Å². The van der Waals surface area contributed by atoms with Crippen molar-refractivity contribution in [1.29, 1.82) is 0 Å². The fourth-order valence-corrected chi connectivity index (χ4v) is 3.78. The molecular weight excluding hydrogens is 308 g/mol. The second-order valence-corrected chi connectivity index (χ2v) is 8.01. The van der Waals surface area contributed by atoms with E-state index in [4.69, 9.17) is 11.6 Å². The van der Waals surface area contributed by atoms with Crippen molar-refractivity contribution >= 4 is 33.0 Å². The van der Waals surface area contributed by atoms with E-state index in [1.165, 1.54) is 32.1 Å². The molecule has 4 nitrogen and oxygen atoms in total. The Bertz CT molecular complexity index is 589. The number of nitrogens with one attached hydrogen (secondary N) is 2. The molecule has 1 aliphatic carbocycles. The fourth-order valence-electron chi connectivity index (χ4n) is 2.92. The maximum Gasteiger partial charge on any atom is 0.229 e. The van der Waals surface area contributed by atoms with Gasteiger partial charge in [-0.3, -0.25) is 4.72 Å². The maximum absolute atomic E-state index is 11.2. The van der Waals surface area contributed by atoms with Crippen LogP contribution in [0.3, 0.4) is 0 Å². The Hall–Kier alpha value is -0.940. The van der Waals surface area contributed by atoms with Crippen LogP contribution in [0.15, 0.2) is 18.2 Å². The van der Waals surface area contributed by atoms with Gasteiger partial charge in [-0.05, 0) is 37.0 Å². The average molecular weight is 331 g/mol. The molecule has 0 aromatic heterocycles. The molecule has 2 N–H and O–H groups in total. The van der Waals surface area contributed by atoms with Gasteiger partial charge in [0.2, 0.25) is 10.0 Å². The van der Waals surface area contributed by atoms with Crippen LogP contribution in [0.5, 0.6) is 0 Å². The summed E-state index contributed by atoms with van der Waals surface area (Å²) in [5, 5.41) is 3.92. The lowest BCUT2D eigenvalue weighted by Gasteiger charge is -2.30. The highest BCUT2D eigenvalue weighted by atomic mass is 35.5. The molecule has 1 aliphatic rings. The van der Waals surface area contributed by atoms with Gasteiger partial charge in [-0.1, -0.05) is 37.8 Å². The monoisotopic (exact) mass is 330 g/mol. The predicted octanol–water partition coefficient (Wildman–Crippen LogP) is 4.09. The fraction of sp³-hybridized carbons (Fsp3) is 0.600. The van der Waals surface area contributed by atoms with Crippen molar-refractivity contribution < 1.29 is 8.42 Å². The van der Waals surface area contributed by atoms with Gasteiger partial charge < -0.3 is 5.32 Å². The zero-order valence-corrected chi connectivity index (χ0v) is 14.1. The summed E-state index contributed by atoms with van der Waals surface area (Å²) in [4.78, 5) is 0. The molecule has 1 fully saturated rings. The number of anilines is 2. The lowest BCUT2D eigenvalue weighted by atomic mass is 9.84. The van der Waals surface area contributed by atoms with Crippen LogP contribution in [0.2, 0.25) is 5.02 Å². The number of hydrogen-bond donors (Lipinski definition) is 2. The third-order valence-corrected chi connectivity index (χ3v) is 4.90. The number of halogens is 1. The molecular formula is C15H23ClN2O2S. The molecule has 118 valence electrons. The molecule has 2 rings (SSSR count). The third kappa shape index (κ3) is 5.08. The summed E-state index contributed by atoms with van der Waals surface area (Å²) in [5.74, 6) is 0.804. The molecule has 0 radical (unpaired) electrons. The maximum atomic E-state index is 11.2. The molecule has 1 saturated carbocycles. The first-order valence-corrected chi connectivity index (χ1v) is 9.68. The highest BCUT2D eigenvalue weighted by Gasteiger charge is 2.20. The largest absolute Gasteiger partial charge is 0.382 e. The standard InChI is InChI=1S/C15H23ClN2O2S/c1-3-11-5-4-6-12(9-11)17-13-7-8-15(14(16)10-13)18-21(2,19)20/h7-8,10-12,17-18H,3-6,9H2,1-2H3. The second-order valence-electron chi connectivity index (χ2n) is 5.85. The van der Waals surface area contributed by atoms with Gasteiger partial charge in [0, 0.05) is 11.7 Å². The van der Waals surface area contributed by atoms with Crippen molar-refractivity contribution in [3.8, 4) is 0 Å². The van der Waals surface area contributed by atoms with E-state index in [-0.39, 0.29) is 0 Å². The minimum atomic E-state index is -3.31. The Morgan fingerprint density at radius 1 is 1.33 bits per heavy atom. The molecule has 0 aliphatic heterocycles. The minimum absolute atomic E-state index is 0.410. The van der Waals surface area contributed by atoms with Gasteiger partial charge in [-0.15, -0.1) is 0 Å². The highest BCUT2D eigenvalue weighted by molar-refractivity contribution is 7.92. The van der Waals surface area contributed by atoms with Crippen LogP contribution in [0.1, 0.15) is 39.0 Å². The molecule has 0 spiro atoms. The molecule has 1 aromatic rings. The molecule has 6 heteroatoms. The first-order chi connectivity index (χ1) is 9.87. The summed E-state index contributed by atoms with van der Waals surface area (Å²) >= 11 is 6.14. The van der Waals surface area contributed by atoms with Gasteiger partial charge >= 0.3 is 0 Å². The molecule has 0 amide bonds. The van der Waals surface area contributed by atoms with Gasteiger partial charge in [-0.25, -0.2) is 8.42 Å². The van der Waals surface area contributed by atoms with E-state index in [2.05, 4.69) is 17.0 Å². The van der Waals surface area contributed by atoms with E-state index in [1.54, 1.807) is 12.1 Å². The lowest BCUT2D eigenvalue weighted by Crippen LogP contribution is -2.27. The third-order valence-electron chi connectivity index (χ3n) is 4.00. The summed E-state index contributed by atoms with van der Waals surface area (Å²) in [6, 6.07) is 5.83. The van der Waals surface area contributed by atoms with Crippen LogP contribution < -0.4 is 10.0 Å². The van der Waals surface area contributed by atoms with Crippen LogP contribution in [0, 0.1) is 5.92 Å². The molecule has 21 heavy (non-hydrogen) atoms. The van der Waals surface area contributed by atoms with Crippen molar-refractivity contribution in [2.24, 2.45) is 5.92 Å². The number of hydrogen-bond acceptors (Lipinski definition) is 3. The average Bonchev–Trinajstić information content (AvgIpc) is 2.41. The summed E-state index contributed by atoms with van der Waals surface area (Å²) < 4.78 is 24.9. The van der Waals surface area contributed by atoms with Gasteiger partial charge in [0.15, 0.2) is 0 Å². The topological polar surface area (TPSA) is 58.2 Å². The Balaban J connectivity index is 2.03. The Labute approximate surface area is 132 Å². The SMILES string of the molecule is CCC1CCCC(Nc2ccc(NS(C)(=O)=O)c(Cl)c2)C1. The van der Waals surface area contributed by atoms with E-state index in [0.717, 1.165) is 17.9 Å². The molecule has 0 heterocycles. The number of rotatable bonds is 5. The van der Waals surface area contributed by atoms with Crippen LogP contribution >= 0.6 is 11.6 Å². The Kier molecular flexibility index (Phi) is 5.38. The van der Waals surface area contributed by atoms with Crippen LogP contribution in [-0.4, -0.2) is 20.7 Å². The van der Waals surface area contributed by atoms with Gasteiger partial charge in [-0.2, -0.15) is 0 Å². The highest BCUT2D eigenvalue weighted by Crippen LogP contribution is 2.31. The van der Waals surface area contributed by atoms with Crippen LogP contribution in [-0.2, 0) is 10.0 Å². The minimum Gasteiger partial charge on any atom is -0.382 e. The quantitative estimate of drug-likeness (QED) is 0.854. The van der Waals surface area contributed by atoms with Gasteiger partial charge in [0.25, 0.3) is 0 Å². The van der Waals surface area contributed by atoms with E-state index in [9.17, 15) is 8.42 Å². The molecule has 2 unspecified atom stereocenters. The van der Waals surface area contributed by atoms with E-state index < -0.39 is 10.0 Å². The smallest absolute Gasteiger partial charge is 0.229 e. The zero-order valence-electron chi connectivity index (χ0n) is 12.5. The first-order valence-electron chi connectivity index (χ1n) is 7.41. The summed E-state index contributed by atoms with van der Waals surface area (Å²) in [6.07, 6.45) is 7.30.